The van der Waals surface area contributed by atoms with Crippen LogP contribution in [-0.4, -0.2) is 10.8 Å². The van der Waals surface area contributed by atoms with Gasteiger partial charge in [0.25, 0.3) is 5.91 Å². The van der Waals surface area contributed by atoms with E-state index >= 15 is 0 Å². The molecule has 1 unspecified atom stereocenters. The van der Waals surface area contributed by atoms with Crippen molar-refractivity contribution in [1.82, 2.24) is 4.90 Å². The van der Waals surface area contributed by atoms with Gasteiger partial charge in [0.2, 0.25) is 5.76 Å². The van der Waals surface area contributed by atoms with Gasteiger partial charge in [-0.05, 0) is 59.7 Å². The number of ether oxygens (including phenoxy) is 1. The Kier molecular flexibility index (Phi) is 5.34. The fraction of sp³-hybridized carbons (Fsp3) is 0.0667. The Morgan fingerprint density at radius 1 is 0.806 bits per heavy atom. The second kappa shape index (κ2) is 8.82. The van der Waals surface area contributed by atoms with Gasteiger partial charge in [-0.15, -0.1) is 0 Å². The van der Waals surface area contributed by atoms with E-state index in [0.717, 1.165) is 5.56 Å². The Labute approximate surface area is 206 Å². The molecule has 0 spiro atoms. The monoisotopic (exact) mass is 477 g/mol. The van der Waals surface area contributed by atoms with Crippen LogP contribution in [0.3, 0.4) is 0 Å². The van der Waals surface area contributed by atoms with Crippen molar-refractivity contribution in [2.24, 2.45) is 0 Å². The van der Waals surface area contributed by atoms with Crippen LogP contribution in [-0.2, 0) is 6.54 Å². The molecule has 4 aromatic carbocycles. The normalized spacial score (nSPS) is 14.8. The van der Waals surface area contributed by atoms with Gasteiger partial charge in [-0.25, -0.2) is 4.39 Å². The summed E-state index contributed by atoms with van der Waals surface area (Å²) in [6, 6.07) is 28.9. The molecule has 1 atom stereocenters. The molecule has 1 aromatic heterocycles. The first-order valence-corrected chi connectivity index (χ1v) is 11.5. The number of carbonyl (C=O) groups excluding carboxylic acids is 1. The van der Waals surface area contributed by atoms with Crippen LogP contribution < -0.4 is 10.2 Å². The predicted octanol–water partition coefficient (Wildman–Crippen LogP) is 6.47. The molecule has 1 aliphatic rings. The third-order valence-electron chi connectivity index (χ3n) is 6.29. The number of hydrogen-bond acceptors (Lipinski definition) is 4. The number of amides is 1. The van der Waals surface area contributed by atoms with E-state index < -0.39 is 11.9 Å². The van der Waals surface area contributed by atoms with Crippen molar-refractivity contribution in [2.45, 2.75) is 12.6 Å². The van der Waals surface area contributed by atoms with Gasteiger partial charge < -0.3 is 14.1 Å². The van der Waals surface area contributed by atoms with Crippen LogP contribution in [0.25, 0.3) is 11.0 Å². The van der Waals surface area contributed by atoms with Crippen LogP contribution in [0.1, 0.15) is 33.3 Å². The molecule has 36 heavy (non-hydrogen) atoms. The van der Waals surface area contributed by atoms with Crippen LogP contribution in [0.15, 0.2) is 112 Å². The average molecular weight is 477 g/mol. The Morgan fingerprint density at radius 2 is 1.53 bits per heavy atom. The van der Waals surface area contributed by atoms with Crippen LogP contribution in [0, 0.1) is 5.82 Å². The first kappa shape index (κ1) is 21.8. The van der Waals surface area contributed by atoms with Crippen LogP contribution in [0.2, 0.25) is 0 Å². The van der Waals surface area contributed by atoms with Crippen LogP contribution in [0.5, 0.6) is 11.5 Å². The molecule has 176 valence electrons. The van der Waals surface area contributed by atoms with Crippen LogP contribution >= 0.6 is 0 Å². The second-order valence-electron chi connectivity index (χ2n) is 8.62. The zero-order valence-electron chi connectivity index (χ0n) is 19.1. The maximum Gasteiger partial charge on any atom is 0.291 e. The van der Waals surface area contributed by atoms with Gasteiger partial charge >= 0.3 is 0 Å². The zero-order valence-corrected chi connectivity index (χ0v) is 19.1. The molecular weight excluding hydrogens is 457 g/mol. The highest BCUT2D eigenvalue weighted by Gasteiger charge is 2.42. The van der Waals surface area contributed by atoms with E-state index in [1.807, 2.05) is 54.6 Å². The Bertz CT molecular complexity index is 1640. The summed E-state index contributed by atoms with van der Waals surface area (Å²) in [6.45, 7) is 0.174. The molecular formula is C30H20FNO4. The SMILES string of the molecule is O=C1c2oc3ccccc3c(=O)c2C(c2cccc(Oc3ccccc3)c2)N1Cc1ccc(F)cc1. The number of carbonyl (C=O) groups is 1. The molecule has 0 fully saturated rings. The van der Waals surface area contributed by atoms with Gasteiger partial charge in [0.1, 0.15) is 22.9 Å². The van der Waals surface area contributed by atoms with Gasteiger partial charge in [0.05, 0.1) is 17.0 Å². The quantitative estimate of drug-likeness (QED) is 0.291. The lowest BCUT2D eigenvalue weighted by molar-refractivity contribution is 0.0714. The third-order valence-corrected chi connectivity index (χ3v) is 6.29. The highest BCUT2D eigenvalue weighted by atomic mass is 19.1. The molecule has 0 radical (unpaired) electrons. The van der Waals surface area contributed by atoms with Crippen LogP contribution in [0.4, 0.5) is 4.39 Å². The number of para-hydroxylation sites is 2. The zero-order chi connectivity index (χ0) is 24.6. The number of hydrogen-bond donors (Lipinski definition) is 0. The highest BCUT2D eigenvalue weighted by Crippen LogP contribution is 2.40. The van der Waals surface area contributed by atoms with E-state index in [1.165, 1.54) is 12.1 Å². The summed E-state index contributed by atoms with van der Waals surface area (Å²) in [5.74, 6) is 0.523. The van der Waals surface area contributed by atoms with Gasteiger partial charge in [0.15, 0.2) is 5.43 Å². The molecule has 6 heteroatoms. The molecule has 1 aliphatic heterocycles. The molecule has 5 nitrogen and oxygen atoms in total. The standard InChI is InChI=1S/C30H20FNO4/c31-21-15-13-19(14-16-21)18-32-27(20-7-6-10-23(17-20)35-22-8-2-1-3-9-22)26-28(33)24-11-4-5-12-25(24)36-29(26)30(32)34/h1-17,27H,18H2. The van der Waals surface area contributed by atoms with E-state index in [4.69, 9.17) is 9.15 Å². The number of nitrogens with zero attached hydrogens (tertiary/aromatic N) is 1. The van der Waals surface area contributed by atoms with Crippen molar-refractivity contribution < 1.29 is 18.3 Å². The number of halogens is 1. The molecule has 0 aliphatic carbocycles. The molecule has 0 saturated heterocycles. The summed E-state index contributed by atoms with van der Waals surface area (Å²) >= 11 is 0. The van der Waals surface area contributed by atoms with Crippen molar-refractivity contribution in [3.05, 3.63) is 142 Å². The molecule has 5 aromatic rings. The minimum atomic E-state index is -0.697. The summed E-state index contributed by atoms with van der Waals surface area (Å²) < 4.78 is 25.5. The largest absolute Gasteiger partial charge is 0.457 e. The summed E-state index contributed by atoms with van der Waals surface area (Å²) in [5.41, 5.74) is 1.84. The predicted molar refractivity (Wildman–Crippen MR) is 134 cm³/mol. The third kappa shape index (κ3) is 3.82. The Morgan fingerprint density at radius 3 is 2.33 bits per heavy atom. The van der Waals surface area contributed by atoms with E-state index in [2.05, 4.69) is 0 Å². The maximum absolute atomic E-state index is 13.6. The topological polar surface area (TPSA) is 59.8 Å². The van der Waals surface area contributed by atoms with Gasteiger partial charge in [-0.3, -0.25) is 9.59 Å². The van der Waals surface area contributed by atoms with E-state index in [9.17, 15) is 14.0 Å². The minimum Gasteiger partial charge on any atom is -0.457 e. The Hall–Kier alpha value is -4.71. The van der Waals surface area contributed by atoms with Gasteiger partial charge in [-0.1, -0.05) is 54.6 Å². The summed E-state index contributed by atoms with van der Waals surface area (Å²) in [6.07, 6.45) is 0. The minimum absolute atomic E-state index is 0.0280. The molecule has 1 amide bonds. The van der Waals surface area contributed by atoms with E-state index in [1.54, 1.807) is 41.3 Å². The van der Waals surface area contributed by atoms with Crippen molar-refractivity contribution in [3.8, 4) is 11.5 Å². The lowest BCUT2D eigenvalue weighted by Gasteiger charge is -2.25. The molecule has 6 rings (SSSR count). The Balaban J connectivity index is 1.49. The van der Waals surface area contributed by atoms with Crippen molar-refractivity contribution >= 4 is 16.9 Å². The lowest BCUT2D eigenvalue weighted by atomic mass is 9.98. The number of benzene rings is 4. The fourth-order valence-corrected chi connectivity index (χ4v) is 4.64. The first-order chi connectivity index (χ1) is 17.6. The molecule has 0 bridgehead atoms. The second-order valence-corrected chi connectivity index (χ2v) is 8.62. The fourth-order valence-electron chi connectivity index (χ4n) is 4.64. The molecule has 2 heterocycles. The molecule has 0 N–H and O–H groups in total. The molecule has 0 saturated carbocycles. The van der Waals surface area contributed by atoms with Crippen molar-refractivity contribution in [2.75, 3.05) is 0 Å². The average Bonchev–Trinajstić information content (AvgIpc) is 3.18. The number of rotatable bonds is 5. The lowest BCUT2D eigenvalue weighted by Crippen LogP contribution is -2.29. The van der Waals surface area contributed by atoms with Crippen molar-refractivity contribution in [3.63, 3.8) is 0 Å². The summed E-state index contributed by atoms with van der Waals surface area (Å²) in [5, 5.41) is 0.411. The summed E-state index contributed by atoms with van der Waals surface area (Å²) in [7, 11) is 0. The smallest absolute Gasteiger partial charge is 0.291 e. The summed E-state index contributed by atoms with van der Waals surface area (Å²) in [4.78, 5) is 28.8. The highest BCUT2D eigenvalue weighted by molar-refractivity contribution is 5.99. The van der Waals surface area contributed by atoms with E-state index in [0.29, 0.717) is 28.0 Å². The van der Waals surface area contributed by atoms with Gasteiger partial charge in [-0.2, -0.15) is 0 Å². The number of fused-ring (bicyclic) bond motifs is 2. The first-order valence-electron chi connectivity index (χ1n) is 11.5. The van der Waals surface area contributed by atoms with Gasteiger partial charge in [0, 0.05) is 6.54 Å². The van der Waals surface area contributed by atoms with E-state index in [-0.39, 0.29) is 29.1 Å². The van der Waals surface area contributed by atoms with Crippen molar-refractivity contribution in [1.29, 1.82) is 0 Å². The maximum atomic E-state index is 13.6.